The van der Waals surface area contributed by atoms with Gasteiger partial charge in [-0.05, 0) is 62.7 Å². The normalized spacial score (nSPS) is 16.0. The van der Waals surface area contributed by atoms with Crippen molar-refractivity contribution in [2.45, 2.75) is 45.3 Å². The number of likely N-dealkylation sites (tertiary alicyclic amines) is 1. The SMILES string of the molecule is CN1CCC(Oc2ncc(C(=O)NNC(=O)OC(C)(C)C)cc2Br)CC1. The third-order valence-electron chi connectivity index (χ3n) is 3.69. The summed E-state index contributed by atoms with van der Waals surface area (Å²) in [5.41, 5.74) is 4.12. The Hall–Kier alpha value is -1.87. The number of aromatic nitrogens is 1. The lowest BCUT2D eigenvalue weighted by Gasteiger charge is -2.29. The van der Waals surface area contributed by atoms with Crippen LogP contribution in [0, 0.1) is 0 Å². The maximum atomic E-state index is 12.1. The average Bonchev–Trinajstić information content (AvgIpc) is 2.55. The van der Waals surface area contributed by atoms with Gasteiger partial charge in [0.1, 0.15) is 11.7 Å². The highest BCUT2D eigenvalue weighted by atomic mass is 79.9. The summed E-state index contributed by atoms with van der Waals surface area (Å²) in [6.45, 7) is 7.17. The number of nitrogens with zero attached hydrogens (tertiary/aromatic N) is 2. The van der Waals surface area contributed by atoms with Gasteiger partial charge in [-0.3, -0.25) is 10.2 Å². The summed E-state index contributed by atoms with van der Waals surface area (Å²) in [5.74, 6) is -0.0499. The van der Waals surface area contributed by atoms with Gasteiger partial charge in [0.15, 0.2) is 0 Å². The van der Waals surface area contributed by atoms with E-state index in [4.69, 9.17) is 9.47 Å². The van der Waals surface area contributed by atoms with Gasteiger partial charge in [0, 0.05) is 19.3 Å². The molecule has 0 bridgehead atoms. The highest BCUT2D eigenvalue weighted by Gasteiger charge is 2.21. The Labute approximate surface area is 161 Å². The molecule has 9 heteroatoms. The van der Waals surface area contributed by atoms with Crippen molar-refractivity contribution in [2.24, 2.45) is 0 Å². The Balaban J connectivity index is 1.89. The predicted molar refractivity (Wildman–Crippen MR) is 99.9 cm³/mol. The number of hydrazine groups is 1. The second-order valence-corrected chi connectivity index (χ2v) is 8.07. The summed E-state index contributed by atoms with van der Waals surface area (Å²) in [4.78, 5) is 30.1. The van der Waals surface area contributed by atoms with E-state index in [0.29, 0.717) is 10.4 Å². The number of hydrogen-bond donors (Lipinski definition) is 2. The second-order valence-electron chi connectivity index (χ2n) is 7.21. The number of carbonyl (C=O) groups excluding carboxylic acids is 2. The van der Waals surface area contributed by atoms with Gasteiger partial charge in [-0.2, -0.15) is 0 Å². The summed E-state index contributed by atoms with van der Waals surface area (Å²) in [6.07, 6.45) is 2.66. The molecule has 144 valence electrons. The van der Waals surface area contributed by atoms with Crippen LogP contribution in [0.3, 0.4) is 0 Å². The van der Waals surface area contributed by atoms with Gasteiger partial charge in [-0.1, -0.05) is 0 Å². The zero-order chi connectivity index (χ0) is 19.3. The summed E-state index contributed by atoms with van der Waals surface area (Å²) in [5, 5.41) is 0. The van der Waals surface area contributed by atoms with E-state index < -0.39 is 17.6 Å². The maximum absolute atomic E-state index is 12.1. The topological polar surface area (TPSA) is 92.8 Å². The number of ether oxygens (including phenoxy) is 2. The van der Waals surface area contributed by atoms with Crippen molar-refractivity contribution in [3.8, 4) is 5.88 Å². The van der Waals surface area contributed by atoms with Crippen LogP contribution in [-0.2, 0) is 4.74 Å². The first kappa shape index (κ1) is 20.4. The Morgan fingerprint density at radius 1 is 1.27 bits per heavy atom. The van der Waals surface area contributed by atoms with Crippen LogP contribution in [0.1, 0.15) is 44.0 Å². The zero-order valence-electron chi connectivity index (χ0n) is 15.5. The lowest BCUT2D eigenvalue weighted by Crippen LogP contribution is -2.44. The standard InChI is InChI=1S/C17H25BrN4O4/c1-17(2,3)26-16(24)21-20-14(23)11-9-13(18)15(19-10-11)25-12-5-7-22(4)8-6-12/h9-10,12H,5-8H2,1-4H3,(H,20,23)(H,21,24). The molecule has 2 amide bonds. The smallest absolute Gasteiger partial charge is 0.426 e. The van der Waals surface area contributed by atoms with Crippen LogP contribution >= 0.6 is 15.9 Å². The van der Waals surface area contributed by atoms with Crippen molar-refractivity contribution in [3.05, 3.63) is 22.3 Å². The Kier molecular flexibility index (Phi) is 6.82. The van der Waals surface area contributed by atoms with Crippen molar-refractivity contribution >= 4 is 27.9 Å². The van der Waals surface area contributed by atoms with Gasteiger partial charge < -0.3 is 14.4 Å². The first-order valence-corrected chi connectivity index (χ1v) is 9.23. The number of nitrogens with one attached hydrogen (secondary N) is 2. The molecule has 2 rings (SSSR count). The van der Waals surface area contributed by atoms with Gasteiger partial charge >= 0.3 is 6.09 Å². The first-order valence-electron chi connectivity index (χ1n) is 8.44. The van der Waals surface area contributed by atoms with Gasteiger partial charge in [-0.25, -0.2) is 15.2 Å². The fourth-order valence-corrected chi connectivity index (χ4v) is 2.82. The lowest BCUT2D eigenvalue weighted by molar-refractivity contribution is 0.0483. The fraction of sp³-hybridized carbons (Fsp3) is 0.588. The molecule has 0 radical (unpaired) electrons. The molecule has 1 aromatic heterocycles. The number of amides is 2. The lowest BCUT2D eigenvalue weighted by atomic mass is 10.1. The highest BCUT2D eigenvalue weighted by molar-refractivity contribution is 9.10. The molecule has 0 aliphatic carbocycles. The number of halogens is 1. The van der Waals surface area contributed by atoms with E-state index in [1.165, 1.54) is 6.20 Å². The minimum absolute atomic E-state index is 0.114. The van der Waals surface area contributed by atoms with E-state index in [9.17, 15) is 9.59 Å². The molecule has 0 atom stereocenters. The Morgan fingerprint density at radius 2 is 1.92 bits per heavy atom. The molecule has 1 aliphatic rings. The molecule has 1 saturated heterocycles. The van der Waals surface area contributed by atoms with E-state index in [-0.39, 0.29) is 11.7 Å². The molecule has 0 saturated carbocycles. The fourth-order valence-electron chi connectivity index (χ4n) is 2.38. The minimum Gasteiger partial charge on any atom is -0.473 e. The monoisotopic (exact) mass is 428 g/mol. The third kappa shape index (κ3) is 6.45. The molecule has 2 N–H and O–H groups in total. The number of hydrogen-bond acceptors (Lipinski definition) is 6. The zero-order valence-corrected chi connectivity index (χ0v) is 17.1. The Morgan fingerprint density at radius 3 is 2.50 bits per heavy atom. The van der Waals surface area contributed by atoms with Crippen LogP contribution in [0.25, 0.3) is 0 Å². The Bertz CT molecular complexity index is 655. The summed E-state index contributed by atoms with van der Waals surface area (Å²) in [7, 11) is 2.09. The van der Waals surface area contributed by atoms with E-state index in [0.717, 1.165) is 25.9 Å². The molecule has 1 aliphatic heterocycles. The largest absolute Gasteiger partial charge is 0.473 e. The van der Waals surface area contributed by atoms with Crippen LogP contribution in [0.5, 0.6) is 5.88 Å². The van der Waals surface area contributed by atoms with Crippen molar-refractivity contribution in [3.63, 3.8) is 0 Å². The predicted octanol–water partition coefficient (Wildman–Crippen LogP) is 2.49. The van der Waals surface area contributed by atoms with Crippen molar-refractivity contribution < 1.29 is 19.1 Å². The minimum atomic E-state index is -0.736. The average molecular weight is 429 g/mol. The number of piperidine rings is 1. The van der Waals surface area contributed by atoms with Crippen LogP contribution < -0.4 is 15.6 Å². The number of carbonyl (C=O) groups is 2. The molecule has 1 aromatic rings. The molecular weight excluding hydrogens is 404 g/mol. The van der Waals surface area contributed by atoms with Crippen LogP contribution in [0.4, 0.5) is 4.79 Å². The van der Waals surface area contributed by atoms with E-state index in [1.807, 2.05) is 0 Å². The molecule has 8 nitrogen and oxygen atoms in total. The molecule has 0 spiro atoms. The third-order valence-corrected chi connectivity index (χ3v) is 4.26. The molecule has 26 heavy (non-hydrogen) atoms. The van der Waals surface area contributed by atoms with Crippen molar-refractivity contribution in [2.75, 3.05) is 20.1 Å². The van der Waals surface area contributed by atoms with Crippen molar-refractivity contribution in [1.29, 1.82) is 0 Å². The molecule has 1 fully saturated rings. The summed E-state index contributed by atoms with van der Waals surface area (Å²) >= 11 is 3.38. The molecule has 0 aromatic carbocycles. The number of pyridine rings is 1. The van der Waals surface area contributed by atoms with E-state index in [2.05, 4.69) is 43.7 Å². The van der Waals surface area contributed by atoms with Gasteiger partial charge in [0.25, 0.3) is 5.91 Å². The molecule has 2 heterocycles. The number of rotatable bonds is 3. The van der Waals surface area contributed by atoms with E-state index >= 15 is 0 Å². The summed E-state index contributed by atoms with van der Waals surface area (Å²) in [6, 6.07) is 1.60. The quantitative estimate of drug-likeness (QED) is 0.718. The van der Waals surface area contributed by atoms with Crippen LogP contribution in [0.15, 0.2) is 16.7 Å². The van der Waals surface area contributed by atoms with Gasteiger partial charge in [0.05, 0.1) is 10.0 Å². The van der Waals surface area contributed by atoms with Gasteiger partial charge in [0.2, 0.25) is 5.88 Å². The van der Waals surface area contributed by atoms with Crippen LogP contribution in [0.2, 0.25) is 0 Å². The summed E-state index contributed by atoms with van der Waals surface area (Å²) < 4.78 is 11.5. The molecule has 0 unspecified atom stereocenters. The highest BCUT2D eigenvalue weighted by Crippen LogP contribution is 2.26. The van der Waals surface area contributed by atoms with Crippen LogP contribution in [-0.4, -0.2) is 53.7 Å². The van der Waals surface area contributed by atoms with Gasteiger partial charge in [-0.15, -0.1) is 0 Å². The molecular formula is C17H25BrN4O4. The van der Waals surface area contributed by atoms with E-state index in [1.54, 1.807) is 26.8 Å². The second kappa shape index (κ2) is 8.68. The maximum Gasteiger partial charge on any atom is 0.426 e. The van der Waals surface area contributed by atoms with Crippen molar-refractivity contribution in [1.82, 2.24) is 20.7 Å². The first-order chi connectivity index (χ1) is 12.1.